The van der Waals surface area contributed by atoms with Crippen LogP contribution in [-0.2, 0) is 33.7 Å². The first-order chi connectivity index (χ1) is 24.8. The summed E-state index contributed by atoms with van der Waals surface area (Å²) >= 11 is 1.33. The number of benzene rings is 3. The molecule has 4 aromatic rings. The third-order valence-corrected chi connectivity index (χ3v) is 13.9. The van der Waals surface area contributed by atoms with Crippen LogP contribution < -0.4 is 10.2 Å². The Hall–Kier alpha value is -4.23. The molecule has 3 heterocycles. The standard InChI is InChI=1S/C39H42N2O8S2/c1-2-46-28-16-14-27(15-17-28)34-18-19-35(50-34)39(25-36(42)40-49-37-13-7-8-23-47-37)20-21-41(22-24-51(39,44)45)38(43)48-26-33-31-11-5-3-9-29(31)30-10-4-6-12-32(30)33/h3-6,9-12,14-19,33,37H,2,7-8,13,20-26H2,1H3,(H,40,42). The lowest BCUT2D eigenvalue weighted by Crippen LogP contribution is -2.43. The number of amides is 2. The molecule has 2 fully saturated rings. The summed E-state index contributed by atoms with van der Waals surface area (Å²) in [6, 6.07) is 27.5. The number of fused-ring (bicyclic) bond motifs is 3. The second kappa shape index (κ2) is 15.2. The van der Waals surface area contributed by atoms with Crippen molar-refractivity contribution in [3.8, 4) is 27.3 Å². The van der Waals surface area contributed by atoms with Crippen LogP contribution in [0.15, 0.2) is 84.9 Å². The van der Waals surface area contributed by atoms with Gasteiger partial charge in [-0.3, -0.25) is 4.79 Å². The summed E-state index contributed by atoms with van der Waals surface area (Å²) in [4.78, 5) is 35.5. The lowest BCUT2D eigenvalue weighted by molar-refractivity contribution is -0.200. The number of nitrogens with one attached hydrogen (secondary N) is 1. The SMILES string of the molecule is CCOc1ccc(-c2ccc(C3(CC(=O)NOC4CCCCO4)CCN(C(=O)OCC4c5ccccc5-c5ccccc54)CCS3(=O)=O)s2)cc1. The van der Waals surface area contributed by atoms with Crippen LogP contribution in [0.25, 0.3) is 21.6 Å². The number of sulfone groups is 1. The molecule has 2 aliphatic heterocycles. The van der Waals surface area contributed by atoms with Gasteiger partial charge in [0.1, 0.15) is 17.1 Å². The maximum atomic E-state index is 14.4. The Kier molecular flexibility index (Phi) is 10.5. The molecule has 0 radical (unpaired) electrons. The van der Waals surface area contributed by atoms with Crippen LogP contribution >= 0.6 is 11.3 Å². The molecule has 51 heavy (non-hydrogen) atoms. The second-order valence-electron chi connectivity index (χ2n) is 13.1. The Morgan fingerprint density at radius 1 is 0.941 bits per heavy atom. The molecule has 0 bridgehead atoms. The lowest BCUT2D eigenvalue weighted by Gasteiger charge is -2.31. The number of carbonyl (C=O) groups is 2. The highest BCUT2D eigenvalue weighted by atomic mass is 32.2. The highest BCUT2D eigenvalue weighted by Crippen LogP contribution is 2.46. The minimum Gasteiger partial charge on any atom is -0.494 e. The average molecular weight is 731 g/mol. The van der Waals surface area contributed by atoms with Crippen molar-refractivity contribution in [1.82, 2.24) is 10.4 Å². The van der Waals surface area contributed by atoms with Gasteiger partial charge >= 0.3 is 6.09 Å². The molecule has 1 aromatic heterocycles. The molecule has 3 aromatic carbocycles. The fourth-order valence-electron chi connectivity index (χ4n) is 7.29. The number of ether oxygens (including phenoxy) is 3. The van der Waals surface area contributed by atoms with E-state index in [4.69, 9.17) is 19.0 Å². The number of rotatable bonds is 10. The van der Waals surface area contributed by atoms with E-state index in [0.717, 1.165) is 51.3 Å². The first-order valence-corrected chi connectivity index (χ1v) is 20.0. The third kappa shape index (κ3) is 7.28. The maximum Gasteiger partial charge on any atom is 0.409 e. The first-order valence-electron chi connectivity index (χ1n) is 17.5. The highest BCUT2D eigenvalue weighted by Gasteiger charge is 2.50. The molecule has 7 rings (SSSR count). The molecule has 1 N–H and O–H groups in total. The van der Waals surface area contributed by atoms with Gasteiger partial charge in [0.2, 0.25) is 5.91 Å². The predicted octanol–water partition coefficient (Wildman–Crippen LogP) is 7.04. The number of carbonyl (C=O) groups excluding carboxylic acids is 2. The van der Waals surface area contributed by atoms with E-state index in [9.17, 15) is 18.0 Å². The first kappa shape index (κ1) is 35.2. The van der Waals surface area contributed by atoms with E-state index in [-0.39, 0.29) is 44.2 Å². The third-order valence-electron chi connectivity index (χ3n) is 10.00. The topological polar surface area (TPSA) is 120 Å². The number of nitrogens with zero attached hydrogens (tertiary/aromatic N) is 1. The van der Waals surface area contributed by atoms with Crippen LogP contribution in [0.5, 0.6) is 5.75 Å². The Morgan fingerprint density at radius 3 is 2.35 bits per heavy atom. The smallest absolute Gasteiger partial charge is 0.409 e. The molecule has 2 amide bonds. The van der Waals surface area contributed by atoms with Crippen molar-refractivity contribution < 1.29 is 37.1 Å². The monoisotopic (exact) mass is 730 g/mol. The molecule has 2 saturated heterocycles. The summed E-state index contributed by atoms with van der Waals surface area (Å²) in [7, 11) is -3.98. The van der Waals surface area contributed by atoms with E-state index in [1.54, 1.807) is 6.07 Å². The van der Waals surface area contributed by atoms with Gasteiger partial charge in [0.05, 0.1) is 18.8 Å². The molecular formula is C39H42N2O8S2. The molecule has 0 spiro atoms. The molecule has 2 atom stereocenters. The zero-order chi connectivity index (χ0) is 35.4. The molecule has 10 nitrogen and oxygen atoms in total. The fraction of sp³-hybridized carbons (Fsp3) is 0.385. The van der Waals surface area contributed by atoms with Crippen molar-refractivity contribution in [2.45, 2.75) is 56.0 Å². The van der Waals surface area contributed by atoms with Gasteiger partial charge in [0.15, 0.2) is 16.1 Å². The van der Waals surface area contributed by atoms with E-state index < -0.39 is 32.9 Å². The molecule has 1 aliphatic carbocycles. The van der Waals surface area contributed by atoms with Crippen LogP contribution in [0.2, 0.25) is 0 Å². The predicted molar refractivity (Wildman–Crippen MR) is 195 cm³/mol. The van der Waals surface area contributed by atoms with Crippen molar-refractivity contribution in [1.29, 1.82) is 0 Å². The summed E-state index contributed by atoms with van der Waals surface area (Å²) in [5.41, 5.74) is 7.80. The van der Waals surface area contributed by atoms with Crippen LogP contribution in [0, 0.1) is 0 Å². The van der Waals surface area contributed by atoms with Gasteiger partial charge in [-0.05, 0) is 90.4 Å². The van der Waals surface area contributed by atoms with Crippen LogP contribution in [0.3, 0.4) is 0 Å². The summed E-state index contributed by atoms with van der Waals surface area (Å²) in [5, 5.41) is 0. The van der Waals surface area contributed by atoms with Crippen LogP contribution in [0.4, 0.5) is 4.79 Å². The number of hydroxylamine groups is 1. The van der Waals surface area contributed by atoms with Gasteiger partial charge in [-0.25, -0.2) is 23.5 Å². The van der Waals surface area contributed by atoms with E-state index in [1.807, 2.05) is 61.5 Å². The van der Waals surface area contributed by atoms with Crippen molar-refractivity contribution >= 4 is 33.2 Å². The van der Waals surface area contributed by atoms with Crippen molar-refractivity contribution in [2.75, 3.05) is 38.7 Å². The molecule has 12 heteroatoms. The van der Waals surface area contributed by atoms with Gasteiger partial charge < -0.3 is 19.1 Å². The highest BCUT2D eigenvalue weighted by molar-refractivity contribution is 7.92. The summed E-state index contributed by atoms with van der Waals surface area (Å²) in [5.74, 6) is -0.279. The van der Waals surface area contributed by atoms with E-state index in [2.05, 4.69) is 29.7 Å². The lowest BCUT2D eigenvalue weighted by atomic mass is 9.97. The number of hydrogen-bond donors (Lipinski definition) is 1. The zero-order valence-corrected chi connectivity index (χ0v) is 30.2. The quantitative estimate of drug-likeness (QED) is 0.173. The van der Waals surface area contributed by atoms with E-state index in [0.29, 0.717) is 24.5 Å². The van der Waals surface area contributed by atoms with Gasteiger partial charge in [0, 0.05) is 41.8 Å². The molecule has 0 saturated carbocycles. The molecule has 3 aliphatic rings. The van der Waals surface area contributed by atoms with Crippen molar-refractivity contribution in [3.05, 3.63) is 101 Å². The zero-order valence-electron chi connectivity index (χ0n) is 28.5. The van der Waals surface area contributed by atoms with Crippen molar-refractivity contribution in [2.24, 2.45) is 0 Å². The van der Waals surface area contributed by atoms with Gasteiger partial charge in [-0.2, -0.15) is 0 Å². The van der Waals surface area contributed by atoms with Crippen LogP contribution in [-0.4, -0.2) is 70.3 Å². The van der Waals surface area contributed by atoms with Gasteiger partial charge in [0.25, 0.3) is 0 Å². The van der Waals surface area contributed by atoms with Gasteiger partial charge in [-0.1, -0.05) is 48.5 Å². The normalized spacial score (nSPS) is 21.3. The Morgan fingerprint density at radius 2 is 1.67 bits per heavy atom. The van der Waals surface area contributed by atoms with Crippen LogP contribution in [0.1, 0.15) is 60.9 Å². The van der Waals surface area contributed by atoms with E-state index in [1.165, 1.54) is 16.2 Å². The molecule has 268 valence electrons. The average Bonchev–Trinajstić information content (AvgIpc) is 3.74. The maximum absolute atomic E-state index is 14.4. The van der Waals surface area contributed by atoms with Gasteiger partial charge in [-0.15, -0.1) is 11.3 Å². The van der Waals surface area contributed by atoms with Crippen molar-refractivity contribution in [3.63, 3.8) is 0 Å². The Balaban J connectivity index is 1.11. The minimum atomic E-state index is -3.98. The number of thiophene rings is 1. The fourth-order valence-corrected chi connectivity index (χ4v) is 10.9. The Labute approximate surface area is 302 Å². The largest absolute Gasteiger partial charge is 0.494 e. The number of hydrogen-bond acceptors (Lipinski definition) is 9. The Bertz CT molecular complexity index is 1930. The molecular weight excluding hydrogens is 689 g/mol. The summed E-state index contributed by atoms with van der Waals surface area (Å²) in [6.07, 6.45) is 0.945. The van der Waals surface area contributed by atoms with E-state index >= 15 is 0 Å². The molecule has 2 unspecified atom stereocenters. The minimum absolute atomic E-state index is 0.0100. The second-order valence-corrected chi connectivity index (χ2v) is 16.6. The summed E-state index contributed by atoms with van der Waals surface area (Å²) in [6.45, 7) is 3.17. The summed E-state index contributed by atoms with van der Waals surface area (Å²) < 4.78 is 44.3.